The van der Waals surface area contributed by atoms with E-state index in [1.54, 1.807) is 6.07 Å². The minimum atomic E-state index is -3.54. The van der Waals surface area contributed by atoms with Crippen LogP contribution in [-0.4, -0.2) is 19.8 Å². The first-order valence-electron chi connectivity index (χ1n) is 6.59. The summed E-state index contributed by atoms with van der Waals surface area (Å²) in [5, 5.41) is 8.44. The molecule has 0 aliphatic heterocycles. The monoisotopic (exact) mass is 277 g/mol. The zero-order valence-corrected chi connectivity index (χ0v) is 12.3. The Balaban J connectivity index is 4.00. The van der Waals surface area contributed by atoms with Gasteiger partial charge in [0, 0.05) is 0 Å². The molecule has 0 aromatic heterocycles. The largest absolute Gasteiger partial charge is 0.475 e. The van der Waals surface area contributed by atoms with Gasteiger partial charge in [0.1, 0.15) is 6.61 Å². The molecule has 0 bridgehead atoms. The smallest absolute Gasteiger partial charge is 0.287 e. The van der Waals surface area contributed by atoms with Crippen molar-refractivity contribution in [2.45, 2.75) is 52.4 Å². The molecular weight excluding hydrogens is 253 g/mol. The minimum absolute atomic E-state index is 0.279. The van der Waals surface area contributed by atoms with Crippen molar-refractivity contribution in [2.75, 3.05) is 19.8 Å². The van der Waals surface area contributed by atoms with E-state index >= 15 is 0 Å². The first kappa shape index (κ1) is 17.6. The van der Waals surface area contributed by atoms with Crippen LogP contribution in [0, 0.1) is 11.3 Å². The van der Waals surface area contributed by atoms with Crippen molar-refractivity contribution in [3.8, 4) is 6.07 Å². The summed E-state index contributed by atoms with van der Waals surface area (Å²) in [6.07, 6.45) is 5.76. The maximum absolute atomic E-state index is 12.1. The summed E-state index contributed by atoms with van der Waals surface area (Å²) in [5.74, 6) is 0. The van der Waals surface area contributed by atoms with E-state index in [1.807, 2.05) is 0 Å². The molecule has 0 N–H and O–H groups in total. The summed E-state index contributed by atoms with van der Waals surface area (Å²) in [7, 11) is -3.54. The van der Waals surface area contributed by atoms with Gasteiger partial charge >= 0.3 is 7.82 Å². The number of hydrogen-bond donors (Lipinski definition) is 0. The Hall–Kier alpha value is -0.400. The number of phosphoric acid groups is 1. The summed E-state index contributed by atoms with van der Waals surface area (Å²) in [5.41, 5.74) is 0. The normalized spacial score (nSPS) is 11.4. The maximum atomic E-state index is 12.1. The molecule has 0 fully saturated rings. The lowest BCUT2D eigenvalue weighted by Gasteiger charge is -2.16. The van der Waals surface area contributed by atoms with Gasteiger partial charge < -0.3 is 0 Å². The predicted molar refractivity (Wildman–Crippen MR) is 70.1 cm³/mol. The van der Waals surface area contributed by atoms with Crippen LogP contribution in [0.2, 0.25) is 0 Å². The first-order valence-corrected chi connectivity index (χ1v) is 8.05. The average Bonchev–Trinajstić information content (AvgIpc) is 2.38. The highest BCUT2D eigenvalue weighted by Gasteiger charge is 2.26. The van der Waals surface area contributed by atoms with Crippen LogP contribution in [0.4, 0.5) is 0 Å². The van der Waals surface area contributed by atoms with Crippen LogP contribution in [0.15, 0.2) is 0 Å². The molecule has 0 radical (unpaired) electrons. The predicted octanol–water partition coefficient (Wildman–Crippen LogP) is 4.05. The first-order chi connectivity index (χ1) is 8.68. The molecule has 0 heterocycles. The highest BCUT2D eigenvalue weighted by molar-refractivity contribution is 7.48. The Bertz CT molecular complexity index is 262. The molecule has 5 nitrogen and oxygen atoms in total. The van der Waals surface area contributed by atoms with E-state index in [4.69, 9.17) is 18.8 Å². The Morgan fingerprint density at radius 3 is 1.83 bits per heavy atom. The van der Waals surface area contributed by atoms with Crippen LogP contribution < -0.4 is 0 Å². The Labute approximate surface area is 110 Å². The number of rotatable bonds is 12. The average molecular weight is 277 g/mol. The molecule has 0 aliphatic rings. The van der Waals surface area contributed by atoms with E-state index in [-0.39, 0.29) is 6.61 Å². The molecule has 106 valence electrons. The van der Waals surface area contributed by atoms with Crippen molar-refractivity contribution in [3.63, 3.8) is 0 Å². The van der Waals surface area contributed by atoms with E-state index in [0.717, 1.165) is 38.5 Å². The summed E-state index contributed by atoms with van der Waals surface area (Å²) in [6.45, 7) is 4.55. The van der Waals surface area contributed by atoms with Gasteiger partial charge in [-0.1, -0.05) is 39.5 Å². The fourth-order valence-electron chi connectivity index (χ4n) is 1.28. The third-order valence-electron chi connectivity index (χ3n) is 2.28. The zero-order chi connectivity index (χ0) is 13.7. The van der Waals surface area contributed by atoms with Crippen molar-refractivity contribution in [1.29, 1.82) is 5.26 Å². The van der Waals surface area contributed by atoms with E-state index in [0.29, 0.717) is 13.2 Å². The number of nitrogens with zero attached hydrogens (tertiary/aromatic N) is 1. The second-order valence-electron chi connectivity index (χ2n) is 3.96. The molecule has 0 atom stereocenters. The van der Waals surface area contributed by atoms with Crippen LogP contribution in [0.1, 0.15) is 52.4 Å². The topological polar surface area (TPSA) is 68.5 Å². The number of nitriles is 1. The van der Waals surface area contributed by atoms with E-state index in [1.165, 1.54) is 0 Å². The third-order valence-corrected chi connectivity index (χ3v) is 3.72. The van der Waals surface area contributed by atoms with E-state index < -0.39 is 7.82 Å². The van der Waals surface area contributed by atoms with Gasteiger partial charge in [-0.15, -0.1) is 0 Å². The minimum Gasteiger partial charge on any atom is -0.287 e. The summed E-state index contributed by atoms with van der Waals surface area (Å²) in [6, 6.07) is 1.77. The van der Waals surface area contributed by atoms with Crippen LogP contribution in [0.3, 0.4) is 0 Å². The number of phosphoric ester groups is 1. The Kier molecular flexibility index (Phi) is 11.4. The Morgan fingerprint density at radius 2 is 1.44 bits per heavy atom. The summed E-state index contributed by atoms with van der Waals surface area (Å²) < 4.78 is 27.3. The summed E-state index contributed by atoms with van der Waals surface area (Å²) in [4.78, 5) is 0. The van der Waals surface area contributed by atoms with Gasteiger partial charge in [0.05, 0.1) is 19.3 Å². The molecule has 0 unspecified atom stereocenters. The fourth-order valence-corrected chi connectivity index (χ4v) is 2.42. The van der Waals surface area contributed by atoms with E-state index in [9.17, 15) is 4.57 Å². The van der Waals surface area contributed by atoms with Crippen molar-refractivity contribution < 1.29 is 18.1 Å². The van der Waals surface area contributed by atoms with Gasteiger partial charge in [0.25, 0.3) is 0 Å². The van der Waals surface area contributed by atoms with Gasteiger partial charge in [-0.05, 0) is 12.8 Å². The van der Waals surface area contributed by atoms with Gasteiger partial charge in [-0.2, -0.15) is 5.26 Å². The molecule has 0 saturated carbocycles. The maximum Gasteiger partial charge on any atom is 0.475 e. The van der Waals surface area contributed by atoms with E-state index in [2.05, 4.69) is 13.8 Å². The number of hydrogen-bond acceptors (Lipinski definition) is 5. The molecule has 0 aromatic rings. The lowest BCUT2D eigenvalue weighted by Crippen LogP contribution is -2.03. The van der Waals surface area contributed by atoms with Gasteiger partial charge in [0.15, 0.2) is 0 Å². The highest BCUT2D eigenvalue weighted by Crippen LogP contribution is 2.49. The van der Waals surface area contributed by atoms with Crippen LogP contribution >= 0.6 is 7.82 Å². The third kappa shape index (κ3) is 9.61. The molecule has 0 aliphatic carbocycles. The lowest BCUT2D eigenvalue weighted by molar-refractivity contribution is 0.119. The van der Waals surface area contributed by atoms with Gasteiger partial charge in [-0.3, -0.25) is 13.6 Å². The van der Waals surface area contributed by atoms with Crippen molar-refractivity contribution in [1.82, 2.24) is 0 Å². The second kappa shape index (κ2) is 11.7. The lowest BCUT2D eigenvalue weighted by atomic mass is 10.3. The number of unbranched alkanes of at least 4 members (excludes halogenated alkanes) is 4. The van der Waals surface area contributed by atoms with Crippen molar-refractivity contribution in [2.24, 2.45) is 0 Å². The molecule has 6 heteroatoms. The van der Waals surface area contributed by atoms with Crippen LogP contribution in [-0.2, 0) is 18.1 Å². The molecule has 0 amide bonds. The molecule has 0 aromatic carbocycles. The standard InChI is InChI=1S/C12H24NO4P/c1-3-5-7-10-15-18(14,17-12-9-13)16-11-8-6-4-2/h3-8,10-12H2,1-2H3. The SMILES string of the molecule is CCCCCOP(=O)(OCC#N)OCCCCC. The molecule has 0 saturated heterocycles. The summed E-state index contributed by atoms with van der Waals surface area (Å²) >= 11 is 0. The highest BCUT2D eigenvalue weighted by atomic mass is 31.2. The molecule has 0 spiro atoms. The van der Waals surface area contributed by atoms with Crippen LogP contribution in [0.25, 0.3) is 0 Å². The Morgan fingerprint density at radius 1 is 0.944 bits per heavy atom. The molecular formula is C12H24NO4P. The van der Waals surface area contributed by atoms with Gasteiger partial charge in [0.2, 0.25) is 0 Å². The molecule has 18 heavy (non-hydrogen) atoms. The van der Waals surface area contributed by atoms with Crippen LogP contribution in [0.5, 0.6) is 0 Å². The van der Waals surface area contributed by atoms with Crippen molar-refractivity contribution >= 4 is 7.82 Å². The van der Waals surface area contributed by atoms with Crippen molar-refractivity contribution in [3.05, 3.63) is 0 Å². The van der Waals surface area contributed by atoms with Gasteiger partial charge in [-0.25, -0.2) is 4.57 Å². The molecule has 0 rings (SSSR count). The zero-order valence-electron chi connectivity index (χ0n) is 11.4. The quantitative estimate of drug-likeness (QED) is 0.397. The fraction of sp³-hybridized carbons (Fsp3) is 0.917. The second-order valence-corrected chi connectivity index (χ2v) is 5.63.